The standard InChI is InChI=1S/C27H25NO5/c1-15-7-5-6-8-21(15)28-24(18-9-11-19(29)12-10-18)23(26(31)27(28)32)25(30)20-13-17(3)22(33-4)14-16(20)2/h5-14,24,29-30H,1-4H3/b25-23+. The summed E-state index contributed by atoms with van der Waals surface area (Å²) in [6.07, 6.45) is 0. The number of benzene rings is 3. The summed E-state index contributed by atoms with van der Waals surface area (Å²) in [6.45, 7) is 5.52. The molecule has 0 saturated carbocycles. The van der Waals surface area contributed by atoms with Crippen molar-refractivity contribution < 1.29 is 24.5 Å². The van der Waals surface area contributed by atoms with Crippen molar-refractivity contribution in [2.75, 3.05) is 12.0 Å². The zero-order valence-electron chi connectivity index (χ0n) is 18.9. The largest absolute Gasteiger partial charge is 0.508 e. The quantitative estimate of drug-likeness (QED) is 0.338. The van der Waals surface area contributed by atoms with Gasteiger partial charge in [-0.05, 0) is 73.4 Å². The SMILES string of the molecule is COc1cc(C)c(/C(O)=C2\C(=O)C(=O)N(c3ccccc3C)C2c2ccc(O)cc2)cc1C. The van der Waals surface area contributed by atoms with Crippen LogP contribution in [0, 0.1) is 20.8 Å². The normalized spacial score (nSPS) is 17.5. The summed E-state index contributed by atoms with van der Waals surface area (Å²) in [6, 6.07) is 16.3. The molecule has 1 heterocycles. The second-order valence-electron chi connectivity index (χ2n) is 8.18. The number of anilines is 1. The molecular formula is C27H25NO5. The summed E-state index contributed by atoms with van der Waals surface area (Å²) >= 11 is 0. The number of hydrogen-bond donors (Lipinski definition) is 2. The van der Waals surface area contributed by atoms with Gasteiger partial charge in [0.05, 0.1) is 18.7 Å². The summed E-state index contributed by atoms with van der Waals surface area (Å²) in [7, 11) is 1.57. The van der Waals surface area contributed by atoms with Crippen LogP contribution in [0.2, 0.25) is 0 Å². The summed E-state index contributed by atoms with van der Waals surface area (Å²) in [5.74, 6) is -0.994. The van der Waals surface area contributed by atoms with Crippen LogP contribution in [0.15, 0.2) is 66.2 Å². The molecule has 0 radical (unpaired) electrons. The Bertz CT molecular complexity index is 1290. The van der Waals surface area contributed by atoms with Crippen LogP contribution in [0.3, 0.4) is 0 Å². The second kappa shape index (κ2) is 8.47. The van der Waals surface area contributed by atoms with E-state index in [1.54, 1.807) is 43.5 Å². The highest BCUT2D eigenvalue weighted by Gasteiger charge is 2.47. The van der Waals surface area contributed by atoms with Gasteiger partial charge in [0.2, 0.25) is 0 Å². The van der Waals surface area contributed by atoms with Gasteiger partial charge in [-0.3, -0.25) is 14.5 Å². The molecule has 1 aliphatic rings. The number of carbonyl (C=O) groups is 2. The Labute approximate surface area is 192 Å². The molecule has 0 aliphatic carbocycles. The van der Waals surface area contributed by atoms with Crippen LogP contribution < -0.4 is 9.64 Å². The molecule has 3 aromatic rings. The molecule has 168 valence electrons. The number of aromatic hydroxyl groups is 1. The Morgan fingerprint density at radius 3 is 2.21 bits per heavy atom. The van der Waals surface area contributed by atoms with Crippen molar-refractivity contribution in [3.63, 3.8) is 0 Å². The highest BCUT2D eigenvalue weighted by Crippen LogP contribution is 2.44. The van der Waals surface area contributed by atoms with E-state index in [-0.39, 0.29) is 17.1 Å². The van der Waals surface area contributed by atoms with E-state index in [0.29, 0.717) is 28.1 Å². The minimum Gasteiger partial charge on any atom is -0.508 e. The van der Waals surface area contributed by atoms with Crippen LogP contribution in [-0.4, -0.2) is 29.0 Å². The van der Waals surface area contributed by atoms with E-state index in [1.165, 1.54) is 17.0 Å². The summed E-state index contributed by atoms with van der Waals surface area (Å²) < 4.78 is 5.36. The number of aryl methyl sites for hydroxylation is 3. The number of carbonyl (C=O) groups excluding carboxylic acids is 2. The number of aliphatic hydroxyl groups excluding tert-OH is 1. The van der Waals surface area contributed by atoms with Crippen molar-refractivity contribution in [2.45, 2.75) is 26.8 Å². The number of hydrogen-bond acceptors (Lipinski definition) is 5. The Kier molecular flexibility index (Phi) is 5.68. The van der Waals surface area contributed by atoms with E-state index < -0.39 is 17.7 Å². The first-order valence-corrected chi connectivity index (χ1v) is 10.6. The first kappa shape index (κ1) is 22.1. The minimum atomic E-state index is -0.853. The molecule has 6 nitrogen and oxygen atoms in total. The van der Waals surface area contributed by atoms with Gasteiger partial charge in [0, 0.05) is 11.3 Å². The molecule has 1 aliphatic heterocycles. The molecular weight excluding hydrogens is 418 g/mol. The highest BCUT2D eigenvalue weighted by atomic mass is 16.5. The third-order valence-corrected chi connectivity index (χ3v) is 6.03. The number of nitrogens with zero attached hydrogens (tertiary/aromatic N) is 1. The van der Waals surface area contributed by atoms with E-state index in [9.17, 15) is 19.8 Å². The van der Waals surface area contributed by atoms with Gasteiger partial charge in [-0.2, -0.15) is 0 Å². The zero-order chi connectivity index (χ0) is 23.9. The molecule has 0 spiro atoms. The maximum Gasteiger partial charge on any atom is 0.300 e. The molecule has 33 heavy (non-hydrogen) atoms. The van der Waals surface area contributed by atoms with Gasteiger partial charge in [-0.25, -0.2) is 0 Å². The molecule has 1 amide bonds. The fourth-order valence-electron chi connectivity index (χ4n) is 4.30. The molecule has 1 unspecified atom stereocenters. The number of methoxy groups -OCH3 is 1. The van der Waals surface area contributed by atoms with Crippen LogP contribution in [0.25, 0.3) is 5.76 Å². The maximum absolute atomic E-state index is 13.3. The average molecular weight is 443 g/mol. The molecule has 1 fully saturated rings. The van der Waals surface area contributed by atoms with Gasteiger partial charge in [-0.1, -0.05) is 30.3 Å². The third-order valence-electron chi connectivity index (χ3n) is 6.03. The van der Waals surface area contributed by atoms with Gasteiger partial charge in [0.15, 0.2) is 0 Å². The molecule has 0 bridgehead atoms. The number of Topliss-reactive ketones (excluding diaryl/α,β-unsaturated/α-hetero) is 1. The fraction of sp³-hybridized carbons (Fsp3) is 0.185. The number of para-hydroxylation sites is 1. The van der Waals surface area contributed by atoms with Crippen LogP contribution in [0.1, 0.15) is 33.9 Å². The van der Waals surface area contributed by atoms with Crippen LogP contribution >= 0.6 is 0 Å². The lowest BCUT2D eigenvalue weighted by Crippen LogP contribution is -2.30. The highest BCUT2D eigenvalue weighted by molar-refractivity contribution is 6.51. The molecule has 6 heteroatoms. The Hall–Kier alpha value is -4.06. The van der Waals surface area contributed by atoms with Crippen molar-refractivity contribution in [3.05, 3.63) is 94.1 Å². The van der Waals surface area contributed by atoms with Crippen LogP contribution in [-0.2, 0) is 9.59 Å². The molecule has 1 atom stereocenters. The van der Waals surface area contributed by atoms with E-state index in [0.717, 1.165) is 11.1 Å². The predicted octanol–water partition coefficient (Wildman–Crippen LogP) is 4.95. The number of aliphatic hydroxyl groups is 1. The zero-order valence-corrected chi connectivity index (χ0v) is 18.9. The molecule has 3 aromatic carbocycles. The second-order valence-corrected chi connectivity index (χ2v) is 8.18. The Morgan fingerprint density at radius 2 is 1.58 bits per heavy atom. The van der Waals surface area contributed by atoms with Crippen molar-refractivity contribution in [3.8, 4) is 11.5 Å². The lowest BCUT2D eigenvalue weighted by Gasteiger charge is -2.27. The molecule has 0 aromatic heterocycles. The minimum absolute atomic E-state index is 0.00149. The molecule has 4 rings (SSSR count). The third kappa shape index (κ3) is 3.74. The van der Waals surface area contributed by atoms with Gasteiger partial charge in [0.25, 0.3) is 11.7 Å². The number of phenols is 1. The molecule has 2 N–H and O–H groups in total. The monoisotopic (exact) mass is 443 g/mol. The van der Waals surface area contributed by atoms with Gasteiger partial charge in [-0.15, -0.1) is 0 Å². The maximum atomic E-state index is 13.3. The first-order chi connectivity index (χ1) is 15.7. The van der Waals surface area contributed by atoms with Crippen molar-refractivity contribution in [1.29, 1.82) is 0 Å². The van der Waals surface area contributed by atoms with Crippen molar-refractivity contribution >= 4 is 23.1 Å². The Morgan fingerprint density at radius 1 is 0.909 bits per heavy atom. The van der Waals surface area contributed by atoms with E-state index >= 15 is 0 Å². The Balaban J connectivity index is 1.99. The van der Waals surface area contributed by atoms with Gasteiger partial charge in [0.1, 0.15) is 17.3 Å². The van der Waals surface area contributed by atoms with Crippen molar-refractivity contribution in [1.82, 2.24) is 0 Å². The average Bonchev–Trinajstić information content (AvgIpc) is 3.06. The fourth-order valence-corrected chi connectivity index (χ4v) is 4.30. The van der Waals surface area contributed by atoms with E-state index in [2.05, 4.69) is 0 Å². The lowest BCUT2D eigenvalue weighted by molar-refractivity contribution is -0.132. The predicted molar refractivity (Wildman–Crippen MR) is 127 cm³/mol. The topological polar surface area (TPSA) is 87.1 Å². The summed E-state index contributed by atoms with van der Waals surface area (Å²) in [4.78, 5) is 28.0. The van der Waals surface area contributed by atoms with Crippen molar-refractivity contribution in [2.24, 2.45) is 0 Å². The number of amides is 1. The number of phenolic OH excluding ortho intramolecular Hbond substituents is 1. The summed E-state index contributed by atoms with van der Waals surface area (Å²) in [5.41, 5.74) is 3.96. The number of rotatable bonds is 4. The number of ether oxygens (including phenoxy) is 1. The van der Waals surface area contributed by atoms with E-state index in [1.807, 2.05) is 32.9 Å². The smallest absolute Gasteiger partial charge is 0.300 e. The molecule has 1 saturated heterocycles. The van der Waals surface area contributed by atoms with Gasteiger partial charge >= 0.3 is 0 Å². The lowest BCUT2D eigenvalue weighted by atomic mass is 9.92. The van der Waals surface area contributed by atoms with E-state index in [4.69, 9.17) is 4.74 Å². The van der Waals surface area contributed by atoms with Crippen LogP contribution in [0.5, 0.6) is 11.5 Å². The number of ketones is 1. The first-order valence-electron chi connectivity index (χ1n) is 10.6. The van der Waals surface area contributed by atoms with Gasteiger partial charge < -0.3 is 14.9 Å². The summed E-state index contributed by atoms with van der Waals surface area (Å²) in [5, 5.41) is 21.2. The van der Waals surface area contributed by atoms with Crippen LogP contribution in [0.4, 0.5) is 5.69 Å².